The molecule has 0 saturated carbocycles. The van der Waals surface area contributed by atoms with Crippen molar-refractivity contribution in [2.24, 2.45) is 45.1 Å². The van der Waals surface area contributed by atoms with Gasteiger partial charge < -0.3 is 97.0 Å². The van der Waals surface area contributed by atoms with Crippen LogP contribution in [0.3, 0.4) is 0 Å². The predicted molar refractivity (Wildman–Crippen MR) is 294 cm³/mol. The molecule has 0 aliphatic carbocycles. The minimum Gasteiger partial charge on any atom is -0.480 e. The first-order valence-corrected chi connectivity index (χ1v) is 27.1. The number of nitrogens with zero attached hydrogens (tertiary/aromatic N) is 3. The number of aliphatic carboxylic acids is 1. The second-order valence-electron chi connectivity index (χ2n) is 20.3. The van der Waals surface area contributed by atoms with Gasteiger partial charge in [-0.15, -0.1) is 0 Å². The lowest BCUT2D eigenvalue weighted by Gasteiger charge is -2.33. The molecule has 0 unspecified atom stereocenters. The Morgan fingerprint density at radius 1 is 0.659 bits per heavy atom. The number of rotatable bonds is 34. The average Bonchev–Trinajstić information content (AvgIpc) is 4.32. The van der Waals surface area contributed by atoms with E-state index < -0.39 is 144 Å². The zero-order valence-corrected chi connectivity index (χ0v) is 45.8. The van der Waals surface area contributed by atoms with Crippen LogP contribution >= 0.6 is 0 Å². The molecule has 0 bridgehead atoms. The molecule has 31 nitrogen and oxygen atoms in total. The smallest absolute Gasteiger partial charge is 0.328 e. The molecule has 10 atom stereocenters. The van der Waals surface area contributed by atoms with Crippen LogP contribution in [0.15, 0.2) is 35.5 Å². The topological polar surface area (TPSA) is 534 Å². The summed E-state index contributed by atoms with van der Waals surface area (Å²) in [4.78, 5) is 170. The van der Waals surface area contributed by atoms with Crippen LogP contribution in [0.5, 0.6) is 0 Å². The Labute approximate surface area is 472 Å². The molecule has 0 radical (unpaired) electrons. The monoisotopic (exact) mass is 1150 g/mol. The van der Waals surface area contributed by atoms with Crippen molar-refractivity contribution in [1.82, 2.24) is 46.7 Å². The molecule has 1 aromatic heterocycles. The third kappa shape index (κ3) is 20.0. The fraction of sp³-hybridized carbons (Fsp3) is 0.588. The first kappa shape index (κ1) is 66.1. The van der Waals surface area contributed by atoms with Gasteiger partial charge in [0.1, 0.15) is 42.3 Å². The van der Waals surface area contributed by atoms with Gasteiger partial charge >= 0.3 is 5.97 Å². The molecule has 2 aliphatic rings. The molecule has 2 saturated heterocycles. The van der Waals surface area contributed by atoms with Crippen molar-refractivity contribution in [3.05, 3.63) is 36.0 Å². The summed E-state index contributed by atoms with van der Waals surface area (Å²) >= 11 is 0. The van der Waals surface area contributed by atoms with Gasteiger partial charge in [-0.25, -0.2) is 4.79 Å². The number of aliphatic hydroxyl groups is 1. The van der Waals surface area contributed by atoms with Crippen molar-refractivity contribution in [2.45, 2.75) is 164 Å². The highest BCUT2D eigenvalue weighted by Gasteiger charge is 2.45. The Balaban J connectivity index is 1.63. The normalized spacial score (nSPS) is 17.8. The third-order valence-corrected chi connectivity index (χ3v) is 14.0. The van der Waals surface area contributed by atoms with Gasteiger partial charge in [0.25, 0.3) is 0 Å². The summed E-state index contributed by atoms with van der Waals surface area (Å²) in [6.45, 7) is 1.40. The van der Waals surface area contributed by atoms with E-state index in [2.05, 4.69) is 41.9 Å². The molecule has 2 aliphatic heterocycles. The zero-order valence-electron chi connectivity index (χ0n) is 45.8. The SMILES string of the molecule is C[C@@H](O)[C@H](NC(=O)[C@@H]1CCCN1C(=O)[C@@H]1CCCN1C(=O)[C@H](CC(N)=O)NC(=O)[C@H](CCCCN)NC(=O)[C@H](CCCN=C(N)N)NC(=O)[C@H](Cc1c[nH]c2ccccc12)NC(=O)[C@H](CCC(N)=O)NC(=O)[C@@H](N)CCC(N)=O)C(=O)O. The van der Waals surface area contributed by atoms with Crippen molar-refractivity contribution < 1.29 is 67.7 Å². The van der Waals surface area contributed by atoms with Crippen LogP contribution in [0.1, 0.15) is 102 Å². The van der Waals surface area contributed by atoms with E-state index >= 15 is 0 Å². The van der Waals surface area contributed by atoms with E-state index in [1.165, 1.54) is 11.8 Å². The number of nitrogens with one attached hydrogen (secondary N) is 7. The maximum atomic E-state index is 14.7. The first-order chi connectivity index (χ1) is 38.8. The number of likely N-dealkylation sites (tertiary alicyclic amines) is 2. The fourth-order valence-corrected chi connectivity index (χ4v) is 9.64. The molecular formula is C51H79N17O14. The summed E-state index contributed by atoms with van der Waals surface area (Å²) < 4.78 is 0. The lowest BCUT2D eigenvalue weighted by molar-refractivity contribution is -0.149. The van der Waals surface area contributed by atoms with Gasteiger partial charge in [0.2, 0.25) is 65.0 Å². The summed E-state index contributed by atoms with van der Waals surface area (Å²) in [6, 6.07) is -5.90. The molecule has 0 spiro atoms. The quantitative estimate of drug-likeness (QED) is 0.0176. The van der Waals surface area contributed by atoms with Crippen molar-refractivity contribution in [3.63, 3.8) is 0 Å². The summed E-state index contributed by atoms with van der Waals surface area (Å²) in [5.74, 6) is -11.4. The summed E-state index contributed by atoms with van der Waals surface area (Å²) in [5, 5.41) is 35.3. The largest absolute Gasteiger partial charge is 0.480 e. The summed E-state index contributed by atoms with van der Waals surface area (Å²) in [6.07, 6.45) is -0.651. The molecule has 82 heavy (non-hydrogen) atoms. The van der Waals surface area contributed by atoms with Crippen molar-refractivity contribution >= 4 is 87.8 Å². The summed E-state index contributed by atoms with van der Waals surface area (Å²) in [5.41, 5.74) is 40.3. The van der Waals surface area contributed by atoms with Gasteiger partial charge in [-0.05, 0) is 95.7 Å². The number of H-pyrrole nitrogens is 1. The van der Waals surface area contributed by atoms with E-state index in [4.69, 9.17) is 40.1 Å². The number of aliphatic hydroxyl groups excluding tert-OH is 1. The highest BCUT2D eigenvalue weighted by Crippen LogP contribution is 2.27. The van der Waals surface area contributed by atoms with Crippen LogP contribution in [0.2, 0.25) is 0 Å². The maximum Gasteiger partial charge on any atom is 0.328 e. The molecule has 2 aromatic rings. The van der Waals surface area contributed by atoms with E-state index in [1.54, 1.807) is 30.5 Å². The second kappa shape index (κ2) is 32.1. The number of hydrogen-bond acceptors (Lipinski definition) is 16. The number of aromatic amines is 1. The second-order valence-corrected chi connectivity index (χ2v) is 20.3. The van der Waals surface area contributed by atoms with E-state index in [0.29, 0.717) is 35.7 Å². The molecule has 1 aromatic carbocycles. The number of amides is 11. The number of nitrogens with two attached hydrogens (primary N) is 7. The highest BCUT2D eigenvalue weighted by atomic mass is 16.4. The molecule has 452 valence electrons. The molecule has 31 heteroatoms. The number of benzene rings is 1. The van der Waals surface area contributed by atoms with E-state index in [0.717, 1.165) is 4.90 Å². The number of para-hydroxylation sites is 1. The number of primary amides is 3. The number of fused-ring (bicyclic) bond motifs is 1. The van der Waals surface area contributed by atoms with Crippen LogP contribution in [0.25, 0.3) is 10.9 Å². The summed E-state index contributed by atoms with van der Waals surface area (Å²) in [7, 11) is 0. The van der Waals surface area contributed by atoms with Crippen LogP contribution in [0, 0.1) is 0 Å². The Kier molecular flexibility index (Phi) is 25.9. The van der Waals surface area contributed by atoms with Gasteiger partial charge in [0.15, 0.2) is 12.0 Å². The van der Waals surface area contributed by atoms with E-state index in [1.807, 2.05) is 0 Å². The Morgan fingerprint density at radius 3 is 1.78 bits per heavy atom. The van der Waals surface area contributed by atoms with Crippen molar-refractivity contribution in [2.75, 3.05) is 26.2 Å². The lowest BCUT2D eigenvalue weighted by Crippen LogP contribution is -2.60. The van der Waals surface area contributed by atoms with E-state index in [9.17, 15) is 67.7 Å². The van der Waals surface area contributed by atoms with E-state index in [-0.39, 0.29) is 96.3 Å². The molecule has 2 fully saturated rings. The van der Waals surface area contributed by atoms with Crippen LogP contribution in [0.4, 0.5) is 0 Å². The fourth-order valence-electron chi connectivity index (χ4n) is 9.64. The Morgan fingerprint density at radius 2 is 1.20 bits per heavy atom. The van der Waals surface area contributed by atoms with Gasteiger partial charge in [-0.3, -0.25) is 57.7 Å². The maximum absolute atomic E-state index is 14.7. The molecule has 3 heterocycles. The first-order valence-electron chi connectivity index (χ1n) is 27.1. The Hall–Kier alpha value is -8.45. The van der Waals surface area contributed by atoms with Gasteiger partial charge in [0.05, 0.1) is 18.6 Å². The van der Waals surface area contributed by atoms with Crippen molar-refractivity contribution in [1.29, 1.82) is 0 Å². The molecular weight excluding hydrogens is 1070 g/mol. The number of carbonyl (C=O) groups is 12. The predicted octanol–water partition coefficient (Wildman–Crippen LogP) is -6.02. The number of aliphatic imine (C=N–C) groups is 1. The van der Waals surface area contributed by atoms with Crippen LogP contribution in [-0.2, 0) is 64.0 Å². The molecule has 4 rings (SSSR count). The molecule has 11 amide bonds. The minimum atomic E-state index is -1.68. The van der Waals surface area contributed by atoms with Crippen LogP contribution in [-0.4, -0.2) is 189 Å². The van der Waals surface area contributed by atoms with Gasteiger partial charge in [-0.1, -0.05) is 18.2 Å². The standard InChI is InChI=1S/C51H79N17O14/c1-26(69)41(50(81)82)66-47(78)36-13-7-21-67(36)49(80)37-14-8-22-68(37)48(79)35(24-40(56)72)65-44(75)31(11-4-5-19-52)62-43(74)32(12-6-20-59-51(57)58)63-46(77)34(23-27-25-60-30-10-3-2-9-28(27)30)64-45(76)33(16-18-39(55)71)61-42(73)29(53)15-17-38(54)70/h2-3,9-10,25-26,29,31-37,41,60,69H,4-8,11-24,52-53H2,1H3,(H2,54,70)(H2,55,71)(H2,56,72)(H,61,73)(H,62,74)(H,63,77)(H,64,76)(H,65,75)(H,66,78)(H,81,82)(H4,57,58,59)/t26-,29+,31+,32+,33+,34+,35+,36+,37+,41+/m1/s1. The van der Waals surface area contributed by atoms with Gasteiger partial charge in [-0.2, -0.15) is 0 Å². The number of carboxylic acids is 1. The number of carbonyl (C=O) groups excluding carboxylic acids is 11. The van der Waals surface area contributed by atoms with Gasteiger partial charge in [0, 0.05) is 56.0 Å². The lowest BCUT2D eigenvalue weighted by atomic mass is 10.0. The minimum absolute atomic E-state index is 0.0108. The highest BCUT2D eigenvalue weighted by molar-refractivity contribution is 6.00. The van der Waals surface area contributed by atoms with Crippen LogP contribution < -0.4 is 72.0 Å². The number of aromatic nitrogens is 1. The average molecular weight is 1150 g/mol. The number of hydrogen-bond donors (Lipinski definition) is 16. The Bertz CT molecular complexity index is 2660. The number of carboxylic acid groups (broad SMARTS) is 1. The zero-order chi connectivity index (χ0) is 60.8. The number of guanidine groups is 1. The van der Waals surface area contributed by atoms with Crippen molar-refractivity contribution in [3.8, 4) is 0 Å². The molecule has 23 N–H and O–H groups in total. The third-order valence-electron chi connectivity index (χ3n) is 14.0. The number of unbranched alkanes of at least 4 members (excludes halogenated alkanes) is 1.